The lowest BCUT2D eigenvalue weighted by molar-refractivity contribution is 0.102. The van der Waals surface area contributed by atoms with Gasteiger partial charge in [-0.05, 0) is 69.3 Å². The molecule has 1 aliphatic rings. The summed E-state index contributed by atoms with van der Waals surface area (Å²) in [6.07, 6.45) is 0. The maximum atomic E-state index is 13.2. The molecule has 0 aliphatic heterocycles. The van der Waals surface area contributed by atoms with Crippen molar-refractivity contribution < 1.29 is 4.79 Å². The van der Waals surface area contributed by atoms with E-state index in [-0.39, 0.29) is 5.91 Å². The first-order valence-corrected chi connectivity index (χ1v) is 14.5. The van der Waals surface area contributed by atoms with E-state index < -0.39 is 5.41 Å². The SMILES string of the molecule is O=C(Nc1ccccc1-c1ccc2c(c1)-c1ccccc1C2(c1ccccc1)c1ccccc1)c1cccc(Br)c1. The van der Waals surface area contributed by atoms with Gasteiger partial charge in [0, 0.05) is 21.3 Å². The van der Waals surface area contributed by atoms with E-state index in [0.717, 1.165) is 21.3 Å². The molecule has 0 saturated carbocycles. The summed E-state index contributed by atoms with van der Waals surface area (Å²) in [6.45, 7) is 0. The summed E-state index contributed by atoms with van der Waals surface area (Å²) in [5, 5.41) is 3.15. The van der Waals surface area contributed by atoms with Crippen molar-refractivity contribution >= 4 is 27.5 Å². The van der Waals surface area contributed by atoms with Crippen LogP contribution in [0.4, 0.5) is 5.69 Å². The molecule has 0 bridgehead atoms. The fraction of sp³-hybridized carbons (Fsp3) is 0.0263. The van der Waals surface area contributed by atoms with Crippen molar-refractivity contribution in [3.63, 3.8) is 0 Å². The second kappa shape index (κ2) is 10.3. The molecule has 1 aliphatic carbocycles. The lowest BCUT2D eigenvalue weighted by Crippen LogP contribution is -2.28. The normalized spacial score (nSPS) is 12.8. The summed E-state index contributed by atoms with van der Waals surface area (Å²) >= 11 is 3.47. The Hall–Kier alpha value is -4.73. The molecule has 41 heavy (non-hydrogen) atoms. The minimum atomic E-state index is -0.429. The Bertz CT molecular complexity index is 1860. The number of amides is 1. The van der Waals surface area contributed by atoms with Crippen LogP contribution in [-0.4, -0.2) is 5.91 Å². The zero-order valence-corrected chi connectivity index (χ0v) is 23.8. The van der Waals surface area contributed by atoms with Gasteiger partial charge in [-0.3, -0.25) is 4.79 Å². The van der Waals surface area contributed by atoms with Gasteiger partial charge in [0.15, 0.2) is 0 Å². The van der Waals surface area contributed by atoms with Crippen LogP contribution < -0.4 is 5.32 Å². The lowest BCUT2D eigenvalue weighted by atomic mass is 9.67. The number of hydrogen-bond acceptors (Lipinski definition) is 1. The monoisotopic (exact) mass is 591 g/mol. The van der Waals surface area contributed by atoms with Crippen LogP contribution in [0.3, 0.4) is 0 Å². The van der Waals surface area contributed by atoms with Crippen molar-refractivity contribution in [2.75, 3.05) is 5.32 Å². The quantitative estimate of drug-likeness (QED) is 0.212. The summed E-state index contributed by atoms with van der Waals surface area (Å²) in [5.74, 6) is -0.141. The van der Waals surface area contributed by atoms with Gasteiger partial charge in [-0.25, -0.2) is 0 Å². The van der Waals surface area contributed by atoms with E-state index in [4.69, 9.17) is 0 Å². The summed E-state index contributed by atoms with van der Waals surface area (Å²) in [6, 6.07) is 52.5. The molecule has 0 radical (unpaired) electrons. The smallest absolute Gasteiger partial charge is 0.255 e. The van der Waals surface area contributed by atoms with E-state index in [9.17, 15) is 4.79 Å². The molecule has 0 atom stereocenters. The first-order valence-electron chi connectivity index (χ1n) is 13.7. The summed E-state index contributed by atoms with van der Waals surface area (Å²) < 4.78 is 0.871. The molecular weight excluding hydrogens is 566 g/mol. The van der Waals surface area contributed by atoms with Crippen LogP contribution >= 0.6 is 15.9 Å². The molecule has 0 unspecified atom stereocenters. The van der Waals surface area contributed by atoms with Gasteiger partial charge in [-0.15, -0.1) is 0 Å². The fourth-order valence-corrected chi connectivity index (χ4v) is 6.68. The number of hydrogen-bond donors (Lipinski definition) is 1. The van der Waals surface area contributed by atoms with Gasteiger partial charge in [0.2, 0.25) is 0 Å². The predicted octanol–water partition coefficient (Wildman–Crippen LogP) is 9.73. The third-order valence-corrected chi connectivity index (χ3v) is 8.52. The number of nitrogens with one attached hydrogen (secondary N) is 1. The molecule has 0 spiro atoms. The highest BCUT2D eigenvalue weighted by molar-refractivity contribution is 9.10. The van der Waals surface area contributed by atoms with Crippen molar-refractivity contribution in [1.82, 2.24) is 0 Å². The molecule has 1 amide bonds. The Morgan fingerprint density at radius 1 is 0.537 bits per heavy atom. The fourth-order valence-electron chi connectivity index (χ4n) is 6.28. The molecule has 0 aromatic heterocycles. The van der Waals surface area contributed by atoms with Crippen LogP contribution in [0.5, 0.6) is 0 Å². The largest absolute Gasteiger partial charge is 0.321 e. The number of halogens is 1. The molecule has 6 aromatic carbocycles. The highest BCUT2D eigenvalue weighted by atomic mass is 79.9. The number of benzene rings is 6. The van der Waals surface area contributed by atoms with Crippen LogP contribution in [0.15, 0.2) is 156 Å². The second-order valence-electron chi connectivity index (χ2n) is 10.3. The van der Waals surface area contributed by atoms with Crippen LogP contribution in [-0.2, 0) is 5.41 Å². The van der Waals surface area contributed by atoms with Crippen LogP contribution in [0.2, 0.25) is 0 Å². The minimum absolute atomic E-state index is 0.141. The highest BCUT2D eigenvalue weighted by Gasteiger charge is 2.45. The van der Waals surface area contributed by atoms with Crippen LogP contribution in [0.25, 0.3) is 22.3 Å². The predicted molar refractivity (Wildman–Crippen MR) is 171 cm³/mol. The molecule has 0 fully saturated rings. The maximum Gasteiger partial charge on any atom is 0.255 e. The van der Waals surface area contributed by atoms with Gasteiger partial charge in [0.05, 0.1) is 5.41 Å². The van der Waals surface area contributed by atoms with E-state index in [1.54, 1.807) is 0 Å². The average molecular weight is 593 g/mol. The molecular formula is C38H26BrNO. The van der Waals surface area contributed by atoms with E-state index in [1.807, 2.05) is 42.5 Å². The summed E-state index contributed by atoms with van der Waals surface area (Å²) in [5.41, 5.74) is 10.4. The van der Waals surface area contributed by atoms with Crippen molar-refractivity contribution in [1.29, 1.82) is 0 Å². The number of para-hydroxylation sites is 1. The number of fused-ring (bicyclic) bond motifs is 3. The number of carbonyl (C=O) groups excluding carboxylic acids is 1. The third kappa shape index (κ3) is 4.21. The van der Waals surface area contributed by atoms with Gasteiger partial charge in [0.1, 0.15) is 0 Å². The Labute approximate surface area is 248 Å². The summed E-state index contributed by atoms with van der Waals surface area (Å²) in [4.78, 5) is 13.2. The molecule has 0 saturated heterocycles. The summed E-state index contributed by atoms with van der Waals surface area (Å²) in [7, 11) is 0. The standard InChI is InChI=1S/C38H26BrNO/c39-30-17-11-12-27(24-30)37(41)40-36-21-10-8-18-31(36)26-22-23-35-33(25-26)32-19-7-9-20-34(32)38(35,28-13-3-1-4-14-28)29-15-5-2-6-16-29/h1-25H,(H,40,41). The molecule has 1 N–H and O–H groups in total. The molecule has 3 heteroatoms. The zero-order chi connectivity index (χ0) is 27.8. The Morgan fingerprint density at radius 2 is 1.15 bits per heavy atom. The van der Waals surface area contributed by atoms with Crippen molar-refractivity contribution in [3.8, 4) is 22.3 Å². The first kappa shape index (κ1) is 25.3. The number of anilines is 1. The van der Waals surface area contributed by atoms with E-state index in [0.29, 0.717) is 5.56 Å². The Kier molecular flexibility index (Phi) is 6.37. The van der Waals surface area contributed by atoms with Gasteiger partial charge < -0.3 is 5.32 Å². The van der Waals surface area contributed by atoms with E-state index in [1.165, 1.54) is 33.4 Å². The van der Waals surface area contributed by atoms with Gasteiger partial charge in [-0.1, -0.05) is 137 Å². The highest BCUT2D eigenvalue weighted by Crippen LogP contribution is 2.56. The third-order valence-electron chi connectivity index (χ3n) is 8.03. The van der Waals surface area contributed by atoms with Crippen LogP contribution in [0, 0.1) is 0 Å². The number of carbonyl (C=O) groups is 1. The lowest BCUT2D eigenvalue weighted by Gasteiger charge is -2.33. The topological polar surface area (TPSA) is 29.1 Å². The molecule has 6 aromatic rings. The van der Waals surface area contributed by atoms with E-state index in [2.05, 4.69) is 130 Å². The molecule has 0 heterocycles. The molecule has 2 nitrogen and oxygen atoms in total. The first-order chi connectivity index (χ1) is 20.2. The van der Waals surface area contributed by atoms with E-state index >= 15 is 0 Å². The number of rotatable bonds is 5. The minimum Gasteiger partial charge on any atom is -0.321 e. The molecule has 196 valence electrons. The second-order valence-corrected chi connectivity index (χ2v) is 11.2. The van der Waals surface area contributed by atoms with Crippen LogP contribution in [0.1, 0.15) is 32.6 Å². The van der Waals surface area contributed by atoms with Crippen molar-refractivity contribution in [3.05, 3.63) is 184 Å². The van der Waals surface area contributed by atoms with Gasteiger partial charge in [-0.2, -0.15) is 0 Å². The van der Waals surface area contributed by atoms with Crippen molar-refractivity contribution in [2.45, 2.75) is 5.41 Å². The van der Waals surface area contributed by atoms with Crippen molar-refractivity contribution in [2.24, 2.45) is 0 Å². The van der Waals surface area contributed by atoms with Gasteiger partial charge >= 0.3 is 0 Å². The Balaban J connectivity index is 1.40. The zero-order valence-electron chi connectivity index (χ0n) is 22.2. The maximum absolute atomic E-state index is 13.2. The molecule has 7 rings (SSSR count). The Morgan fingerprint density at radius 3 is 1.85 bits per heavy atom. The van der Waals surface area contributed by atoms with Gasteiger partial charge in [0.25, 0.3) is 5.91 Å². The average Bonchev–Trinajstić information content (AvgIpc) is 3.33.